The second-order valence-electron chi connectivity index (χ2n) is 2.98. The molecule has 14 heavy (non-hydrogen) atoms. The first-order valence-electron chi connectivity index (χ1n) is 4.54. The molecule has 1 N–H and O–H groups in total. The van der Waals surface area contributed by atoms with Crippen molar-refractivity contribution < 1.29 is 14.6 Å². The van der Waals surface area contributed by atoms with Crippen LogP contribution in [-0.2, 0) is 16.0 Å². The van der Waals surface area contributed by atoms with Crippen LogP contribution >= 0.6 is 0 Å². The van der Waals surface area contributed by atoms with E-state index >= 15 is 0 Å². The highest BCUT2D eigenvalue weighted by Gasteiger charge is 2.19. The number of aliphatic hydroxyl groups excluding tert-OH is 1. The SMILES string of the molecule is CCc1ccccc1C(O)C(=O)OC. The number of carbonyl (C=O) groups is 1. The molecular formula is C11H14O3. The number of benzene rings is 1. The lowest BCUT2D eigenvalue weighted by atomic mass is 10.0. The van der Waals surface area contributed by atoms with Crippen LogP contribution < -0.4 is 0 Å². The van der Waals surface area contributed by atoms with Crippen molar-refractivity contribution in [2.24, 2.45) is 0 Å². The van der Waals surface area contributed by atoms with Crippen LogP contribution in [0.2, 0.25) is 0 Å². The highest BCUT2D eigenvalue weighted by atomic mass is 16.5. The van der Waals surface area contributed by atoms with Gasteiger partial charge in [0, 0.05) is 0 Å². The molecule has 1 aromatic carbocycles. The van der Waals surface area contributed by atoms with Crippen LogP contribution in [0.15, 0.2) is 24.3 Å². The van der Waals surface area contributed by atoms with Gasteiger partial charge in [-0.2, -0.15) is 0 Å². The zero-order chi connectivity index (χ0) is 10.6. The van der Waals surface area contributed by atoms with E-state index < -0.39 is 12.1 Å². The third-order valence-electron chi connectivity index (χ3n) is 2.16. The van der Waals surface area contributed by atoms with Gasteiger partial charge in [-0.1, -0.05) is 31.2 Å². The number of methoxy groups -OCH3 is 1. The Morgan fingerprint density at radius 3 is 2.71 bits per heavy atom. The number of rotatable bonds is 3. The normalized spacial score (nSPS) is 12.2. The molecule has 0 saturated carbocycles. The molecule has 0 aliphatic carbocycles. The van der Waals surface area contributed by atoms with Gasteiger partial charge in [0.2, 0.25) is 0 Å². The van der Waals surface area contributed by atoms with Crippen LogP contribution in [0.4, 0.5) is 0 Å². The van der Waals surface area contributed by atoms with E-state index in [1.54, 1.807) is 12.1 Å². The summed E-state index contributed by atoms with van der Waals surface area (Å²) in [4.78, 5) is 11.1. The molecule has 1 aromatic rings. The minimum atomic E-state index is -1.17. The summed E-state index contributed by atoms with van der Waals surface area (Å²) >= 11 is 0. The van der Waals surface area contributed by atoms with Gasteiger partial charge in [-0.05, 0) is 17.5 Å². The number of esters is 1. The van der Waals surface area contributed by atoms with E-state index in [2.05, 4.69) is 4.74 Å². The van der Waals surface area contributed by atoms with Gasteiger partial charge >= 0.3 is 5.97 Å². The van der Waals surface area contributed by atoms with Gasteiger partial charge in [-0.25, -0.2) is 4.79 Å². The largest absolute Gasteiger partial charge is 0.467 e. The van der Waals surface area contributed by atoms with Gasteiger partial charge in [-0.15, -0.1) is 0 Å². The van der Waals surface area contributed by atoms with Gasteiger partial charge < -0.3 is 9.84 Å². The Bertz CT molecular complexity index is 320. The Balaban J connectivity index is 2.99. The summed E-state index contributed by atoms with van der Waals surface area (Å²) in [6, 6.07) is 7.30. The molecule has 0 saturated heterocycles. The van der Waals surface area contributed by atoms with Crippen LogP contribution in [0.3, 0.4) is 0 Å². The number of hydrogen-bond acceptors (Lipinski definition) is 3. The summed E-state index contributed by atoms with van der Waals surface area (Å²) in [5.41, 5.74) is 1.59. The lowest BCUT2D eigenvalue weighted by Crippen LogP contribution is -2.14. The molecule has 1 rings (SSSR count). The molecule has 1 atom stereocenters. The predicted octanol–water partition coefficient (Wildman–Crippen LogP) is 1.46. The van der Waals surface area contributed by atoms with Gasteiger partial charge in [0.15, 0.2) is 6.10 Å². The molecule has 3 nitrogen and oxygen atoms in total. The predicted molar refractivity (Wildman–Crippen MR) is 52.8 cm³/mol. The van der Waals surface area contributed by atoms with Crippen LogP contribution in [0, 0.1) is 0 Å². The Morgan fingerprint density at radius 2 is 2.14 bits per heavy atom. The van der Waals surface area contributed by atoms with E-state index in [-0.39, 0.29) is 0 Å². The van der Waals surface area contributed by atoms with Crippen LogP contribution in [0.5, 0.6) is 0 Å². The molecule has 0 aliphatic rings. The number of aryl methyl sites for hydroxylation is 1. The molecule has 0 aromatic heterocycles. The van der Waals surface area contributed by atoms with Crippen LogP contribution in [0.1, 0.15) is 24.2 Å². The van der Waals surface area contributed by atoms with Gasteiger partial charge in [0.05, 0.1) is 7.11 Å². The number of aliphatic hydroxyl groups is 1. The van der Waals surface area contributed by atoms with Gasteiger partial charge in [0.1, 0.15) is 0 Å². The van der Waals surface area contributed by atoms with Gasteiger partial charge in [-0.3, -0.25) is 0 Å². The topological polar surface area (TPSA) is 46.5 Å². The van der Waals surface area contributed by atoms with Crippen molar-refractivity contribution >= 4 is 5.97 Å². The molecule has 0 aliphatic heterocycles. The van der Waals surface area contributed by atoms with Crippen molar-refractivity contribution in [1.29, 1.82) is 0 Å². The molecule has 76 valence electrons. The monoisotopic (exact) mass is 194 g/mol. The summed E-state index contributed by atoms with van der Waals surface area (Å²) in [6.45, 7) is 1.98. The van der Waals surface area contributed by atoms with Crippen molar-refractivity contribution in [2.45, 2.75) is 19.4 Å². The maximum Gasteiger partial charge on any atom is 0.339 e. The van der Waals surface area contributed by atoms with E-state index in [1.807, 2.05) is 19.1 Å². The van der Waals surface area contributed by atoms with E-state index in [9.17, 15) is 9.90 Å². The van der Waals surface area contributed by atoms with Crippen molar-refractivity contribution in [3.63, 3.8) is 0 Å². The quantitative estimate of drug-likeness (QED) is 0.741. The smallest absolute Gasteiger partial charge is 0.339 e. The molecule has 0 amide bonds. The molecule has 0 radical (unpaired) electrons. The highest BCUT2D eigenvalue weighted by molar-refractivity contribution is 5.76. The van der Waals surface area contributed by atoms with Gasteiger partial charge in [0.25, 0.3) is 0 Å². The molecule has 0 spiro atoms. The zero-order valence-electron chi connectivity index (χ0n) is 8.36. The van der Waals surface area contributed by atoms with E-state index in [1.165, 1.54) is 7.11 Å². The number of hydrogen-bond donors (Lipinski definition) is 1. The van der Waals surface area contributed by atoms with E-state index in [0.29, 0.717) is 5.56 Å². The Morgan fingerprint density at radius 1 is 1.50 bits per heavy atom. The minimum Gasteiger partial charge on any atom is -0.467 e. The van der Waals surface area contributed by atoms with Crippen LogP contribution in [0.25, 0.3) is 0 Å². The fraction of sp³-hybridized carbons (Fsp3) is 0.364. The summed E-state index contributed by atoms with van der Waals surface area (Å²) in [6.07, 6.45) is -0.388. The second kappa shape index (κ2) is 4.77. The Labute approximate surface area is 83.3 Å². The lowest BCUT2D eigenvalue weighted by Gasteiger charge is -2.12. The molecule has 0 fully saturated rings. The maximum atomic E-state index is 11.1. The molecule has 3 heteroatoms. The average molecular weight is 194 g/mol. The molecule has 1 unspecified atom stereocenters. The van der Waals surface area contributed by atoms with Crippen LogP contribution in [-0.4, -0.2) is 18.2 Å². The van der Waals surface area contributed by atoms with Crippen molar-refractivity contribution in [2.75, 3.05) is 7.11 Å². The number of ether oxygens (including phenoxy) is 1. The molecular weight excluding hydrogens is 180 g/mol. The first kappa shape index (κ1) is 10.7. The summed E-state index contributed by atoms with van der Waals surface area (Å²) in [7, 11) is 1.26. The highest BCUT2D eigenvalue weighted by Crippen LogP contribution is 2.19. The second-order valence-corrected chi connectivity index (χ2v) is 2.98. The summed E-state index contributed by atoms with van der Waals surface area (Å²) in [5.74, 6) is -0.620. The van der Waals surface area contributed by atoms with Crippen molar-refractivity contribution in [1.82, 2.24) is 0 Å². The minimum absolute atomic E-state index is 0.620. The lowest BCUT2D eigenvalue weighted by molar-refractivity contribution is -0.150. The summed E-state index contributed by atoms with van der Waals surface area (Å²) in [5, 5.41) is 9.63. The van der Waals surface area contributed by atoms with Crippen molar-refractivity contribution in [3.8, 4) is 0 Å². The standard InChI is InChI=1S/C11H14O3/c1-3-8-6-4-5-7-9(8)10(12)11(13)14-2/h4-7,10,12H,3H2,1-2H3. The average Bonchev–Trinajstić information content (AvgIpc) is 2.26. The van der Waals surface area contributed by atoms with E-state index in [0.717, 1.165) is 12.0 Å². The first-order chi connectivity index (χ1) is 6.70. The fourth-order valence-electron chi connectivity index (χ4n) is 1.36. The van der Waals surface area contributed by atoms with E-state index in [4.69, 9.17) is 0 Å². The molecule has 0 heterocycles. The number of carbonyl (C=O) groups excluding carboxylic acids is 1. The first-order valence-corrected chi connectivity index (χ1v) is 4.54. The van der Waals surface area contributed by atoms with Crippen molar-refractivity contribution in [3.05, 3.63) is 35.4 Å². The summed E-state index contributed by atoms with van der Waals surface area (Å²) < 4.78 is 4.48. The fourth-order valence-corrected chi connectivity index (χ4v) is 1.36. The Hall–Kier alpha value is -1.35. The third-order valence-corrected chi connectivity index (χ3v) is 2.16. The molecule has 0 bridgehead atoms. The zero-order valence-corrected chi connectivity index (χ0v) is 8.36. The Kier molecular flexibility index (Phi) is 3.65. The maximum absolute atomic E-state index is 11.1. The third kappa shape index (κ3) is 2.12.